The minimum Gasteiger partial charge on any atom is -0.324 e. The predicted octanol–water partition coefficient (Wildman–Crippen LogP) is 6.59. The Morgan fingerprint density at radius 3 is 2.28 bits per heavy atom. The van der Waals surface area contributed by atoms with Gasteiger partial charge in [0.1, 0.15) is 11.6 Å². The number of hydrogen-bond acceptors (Lipinski definition) is 1. The number of hydrogen-bond donors (Lipinski definition) is 0. The summed E-state index contributed by atoms with van der Waals surface area (Å²) in [6.45, 7) is 3.21. The fraction of sp³-hybridized carbons (Fsp3) is 0.409. The van der Waals surface area contributed by atoms with Crippen molar-refractivity contribution < 1.29 is 4.39 Å². The van der Waals surface area contributed by atoms with E-state index in [9.17, 15) is 4.39 Å². The zero-order chi connectivity index (χ0) is 17.5. The van der Waals surface area contributed by atoms with Crippen LogP contribution in [-0.2, 0) is 6.54 Å². The maximum absolute atomic E-state index is 13.3. The third-order valence-electron chi connectivity index (χ3n) is 4.74. The molecule has 1 heterocycles. The molecule has 132 valence electrons. The molecule has 0 saturated carbocycles. The zero-order valence-electron chi connectivity index (χ0n) is 15.0. The molecule has 0 saturated heterocycles. The summed E-state index contributed by atoms with van der Waals surface area (Å²) in [7, 11) is 0. The first-order valence-electron chi connectivity index (χ1n) is 9.51. The van der Waals surface area contributed by atoms with Crippen LogP contribution in [0.25, 0.3) is 22.4 Å². The molecule has 0 N–H and O–H groups in total. The average molecular weight is 338 g/mol. The van der Waals surface area contributed by atoms with E-state index in [1.54, 1.807) is 0 Å². The van der Waals surface area contributed by atoms with Gasteiger partial charge in [0.25, 0.3) is 0 Å². The quantitative estimate of drug-likeness (QED) is 0.402. The van der Waals surface area contributed by atoms with Gasteiger partial charge in [0.05, 0.1) is 11.0 Å². The number of aryl methyl sites for hydroxylation is 1. The Labute approximate surface area is 149 Å². The van der Waals surface area contributed by atoms with Crippen molar-refractivity contribution in [2.75, 3.05) is 0 Å². The van der Waals surface area contributed by atoms with Crippen LogP contribution in [0, 0.1) is 5.82 Å². The Kier molecular flexibility index (Phi) is 6.21. The largest absolute Gasteiger partial charge is 0.324 e. The summed E-state index contributed by atoms with van der Waals surface area (Å²) < 4.78 is 15.5. The molecule has 0 radical (unpaired) electrons. The van der Waals surface area contributed by atoms with Gasteiger partial charge in [-0.2, -0.15) is 0 Å². The highest BCUT2D eigenvalue weighted by Crippen LogP contribution is 2.25. The van der Waals surface area contributed by atoms with Gasteiger partial charge in [-0.1, -0.05) is 57.6 Å². The van der Waals surface area contributed by atoms with E-state index in [-0.39, 0.29) is 5.82 Å². The number of halogens is 1. The number of benzene rings is 2. The second-order valence-electron chi connectivity index (χ2n) is 6.70. The van der Waals surface area contributed by atoms with Gasteiger partial charge in [-0.3, -0.25) is 0 Å². The fourth-order valence-electron chi connectivity index (χ4n) is 3.35. The van der Waals surface area contributed by atoms with Crippen molar-refractivity contribution in [3.8, 4) is 11.4 Å². The molecule has 0 bridgehead atoms. The molecule has 2 aromatic carbocycles. The molecule has 2 nitrogen and oxygen atoms in total. The smallest absolute Gasteiger partial charge is 0.141 e. The average Bonchev–Trinajstić information content (AvgIpc) is 3.00. The summed E-state index contributed by atoms with van der Waals surface area (Å²) in [5.41, 5.74) is 3.14. The summed E-state index contributed by atoms with van der Waals surface area (Å²) in [6, 6.07) is 14.9. The van der Waals surface area contributed by atoms with E-state index in [0.717, 1.165) is 35.4 Å². The van der Waals surface area contributed by atoms with Crippen LogP contribution in [0.5, 0.6) is 0 Å². The summed E-state index contributed by atoms with van der Waals surface area (Å²) >= 11 is 0. The first-order valence-corrected chi connectivity index (χ1v) is 9.51. The van der Waals surface area contributed by atoms with E-state index < -0.39 is 0 Å². The summed E-state index contributed by atoms with van der Waals surface area (Å²) in [4.78, 5) is 4.79. The number of nitrogens with zero attached hydrogens (tertiary/aromatic N) is 2. The third kappa shape index (κ3) is 4.47. The number of unbranched alkanes of at least 4 members (excludes halogenated alkanes) is 6. The van der Waals surface area contributed by atoms with E-state index in [1.165, 1.54) is 50.7 Å². The zero-order valence-corrected chi connectivity index (χ0v) is 15.0. The summed E-state index contributed by atoms with van der Waals surface area (Å²) in [6.07, 6.45) is 9.04. The van der Waals surface area contributed by atoms with Crippen molar-refractivity contribution in [2.45, 2.75) is 58.4 Å². The third-order valence-corrected chi connectivity index (χ3v) is 4.74. The van der Waals surface area contributed by atoms with Crippen LogP contribution in [0.2, 0.25) is 0 Å². The van der Waals surface area contributed by atoms with Gasteiger partial charge >= 0.3 is 0 Å². The van der Waals surface area contributed by atoms with Crippen LogP contribution in [0.4, 0.5) is 4.39 Å². The molecule has 0 unspecified atom stereocenters. The van der Waals surface area contributed by atoms with Gasteiger partial charge in [-0.05, 0) is 42.8 Å². The highest BCUT2D eigenvalue weighted by atomic mass is 19.1. The van der Waals surface area contributed by atoms with E-state index in [2.05, 4.69) is 23.6 Å². The second-order valence-corrected chi connectivity index (χ2v) is 6.70. The molecule has 3 heteroatoms. The van der Waals surface area contributed by atoms with Crippen molar-refractivity contribution in [1.29, 1.82) is 0 Å². The van der Waals surface area contributed by atoms with E-state index in [4.69, 9.17) is 4.98 Å². The number of para-hydroxylation sites is 2. The van der Waals surface area contributed by atoms with Crippen molar-refractivity contribution in [3.63, 3.8) is 0 Å². The van der Waals surface area contributed by atoms with Crippen LogP contribution in [0.3, 0.4) is 0 Å². The van der Waals surface area contributed by atoms with Crippen molar-refractivity contribution in [2.24, 2.45) is 0 Å². The van der Waals surface area contributed by atoms with Gasteiger partial charge in [-0.15, -0.1) is 0 Å². The molecule has 0 fully saturated rings. The Bertz CT molecular complexity index is 789. The van der Waals surface area contributed by atoms with Gasteiger partial charge in [0.2, 0.25) is 0 Å². The van der Waals surface area contributed by atoms with Crippen LogP contribution >= 0.6 is 0 Å². The Hall–Kier alpha value is -2.16. The molecule has 0 aliphatic rings. The molecule has 1 aromatic heterocycles. The molecule has 0 amide bonds. The van der Waals surface area contributed by atoms with Gasteiger partial charge < -0.3 is 4.57 Å². The summed E-state index contributed by atoms with van der Waals surface area (Å²) in [5.74, 6) is 0.727. The second kappa shape index (κ2) is 8.80. The molecule has 3 rings (SSSR count). The molecular formula is C22H27FN2. The normalized spacial score (nSPS) is 11.3. The topological polar surface area (TPSA) is 17.8 Å². The maximum Gasteiger partial charge on any atom is 0.141 e. The lowest BCUT2D eigenvalue weighted by atomic mass is 10.1. The lowest BCUT2D eigenvalue weighted by Gasteiger charge is -2.09. The van der Waals surface area contributed by atoms with Crippen LogP contribution < -0.4 is 0 Å². The van der Waals surface area contributed by atoms with Crippen LogP contribution in [0.1, 0.15) is 51.9 Å². The highest BCUT2D eigenvalue weighted by molar-refractivity contribution is 5.80. The first kappa shape index (κ1) is 17.7. The van der Waals surface area contributed by atoms with E-state index in [1.807, 2.05) is 24.3 Å². The standard InChI is InChI=1S/C22H27FN2/c1-2-3-4-5-6-7-10-17-25-21-12-9-8-11-20(21)24-22(25)18-13-15-19(23)16-14-18/h8-9,11-16H,2-7,10,17H2,1H3. The van der Waals surface area contributed by atoms with Gasteiger partial charge in [-0.25, -0.2) is 9.37 Å². The number of rotatable bonds is 9. The van der Waals surface area contributed by atoms with Gasteiger partial charge in [0, 0.05) is 12.1 Å². The number of imidazole rings is 1. The SMILES string of the molecule is CCCCCCCCCn1c(-c2ccc(F)cc2)nc2ccccc21. The predicted molar refractivity (Wildman–Crippen MR) is 103 cm³/mol. The lowest BCUT2D eigenvalue weighted by Crippen LogP contribution is -2.01. The summed E-state index contributed by atoms with van der Waals surface area (Å²) in [5, 5.41) is 0. The van der Waals surface area contributed by atoms with E-state index in [0.29, 0.717) is 0 Å². The first-order chi connectivity index (χ1) is 12.3. The Morgan fingerprint density at radius 2 is 1.52 bits per heavy atom. The van der Waals surface area contributed by atoms with Crippen LogP contribution in [0.15, 0.2) is 48.5 Å². The molecule has 0 spiro atoms. The van der Waals surface area contributed by atoms with Crippen LogP contribution in [-0.4, -0.2) is 9.55 Å². The molecule has 3 aromatic rings. The minimum atomic E-state index is -0.210. The molecular weight excluding hydrogens is 311 g/mol. The minimum absolute atomic E-state index is 0.210. The fourth-order valence-corrected chi connectivity index (χ4v) is 3.35. The van der Waals surface area contributed by atoms with Gasteiger partial charge in [0.15, 0.2) is 0 Å². The lowest BCUT2D eigenvalue weighted by molar-refractivity contribution is 0.557. The maximum atomic E-state index is 13.3. The van der Waals surface area contributed by atoms with Crippen molar-refractivity contribution in [1.82, 2.24) is 9.55 Å². The number of aromatic nitrogens is 2. The monoisotopic (exact) mass is 338 g/mol. The molecule has 0 atom stereocenters. The van der Waals surface area contributed by atoms with Crippen molar-refractivity contribution in [3.05, 3.63) is 54.3 Å². The van der Waals surface area contributed by atoms with E-state index >= 15 is 0 Å². The molecule has 0 aliphatic heterocycles. The Balaban J connectivity index is 1.74. The number of fused-ring (bicyclic) bond motifs is 1. The Morgan fingerprint density at radius 1 is 0.840 bits per heavy atom. The highest BCUT2D eigenvalue weighted by Gasteiger charge is 2.12. The molecule has 25 heavy (non-hydrogen) atoms. The van der Waals surface area contributed by atoms with Crippen molar-refractivity contribution >= 4 is 11.0 Å². The molecule has 0 aliphatic carbocycles.